The third-order valence-electron chi connectivity index (χ3n) is 3.85. The molecule has 0 aromatic heterocycles. The molecule has 0 atom stereocenters. The van der Waals surface area contributed by atoms with E-state index in [1.54, 1.807) is 0 Å². The topological polar surface area (TPSA) is 0 Å². The molecule has 0 saturated heterocycles. The van der Waals surface area contributed by atoms with Crippen molar-refractivity contribution < 1.29 is 74.6 Å². The summed E-state index contributed by atoms with van der Waals surface area (Å²) in [6, 6.07) is 0. The molecule has 0 aromatic rings. The Morgan fingerprint density at radius 2 is 0.875 bits per heavy atom. The first kappa shape index (κ1) is 31.3. The van der Waals surface area contributed by atoms with Gasteiger partial charge in [0.05, 0.1) is 0 Å². The predicted molar refractivity (Wildman–Crippen MR) is 82.3 cm³/mol. The van der Waals surface area contributed by atoms with E-state index in [1.807, 2.05) is 0 Å². The predicted octanol–water partition coefficient (Wildman–Crippen LogP) is 8.50. The van der Waals surface area contributed by atoms with Gasteiger partial charge in [-0.05, 0) is 39.0 Å². The number of unbranched alkanes of at least 4 members (excludes halogenated alkanes) is 1. The molecule has 0 rings (SSSR count). The quantitative estimate of drug-likeness (QED) is 0.168. The Labute approximate surface area is 181 Å². The van der Waals surface area contributed by atoms with Gasteiger partial charge >= 0.3 is 47.6 Å². The smallest absolute Gasteiger partial charge is 0.195 e. The van der Waals surface area contributed by atoms with Gasteiger partial charge in [-0.2, -0.15) is 74.6 Å². The van der Waals surface area contributed by atoms with Crippen LogP contribution < -0.4 is 0 Å². The Hall–Kier alpha value is -0.720. The average Bonchev–Trinajstić information content (AvgIpc) is 2.57. The van der Waals surface area contributed by atoms with Crippen LogP contribution in [0.2, 0.25) is 0 Å². The molecule has 192 valence electrons. The Morgan fingerprint density at radius 1 is 0.562 bits per heavy atom. The first-order valence-corrected chi connectivity index (χ1v) is 8.87. The van der Waals surface area contributed by atoms with Gasteiger partial charge in [-0.3, -0.25) is 0 Å². The van der Waals surface area contributed by atoms with Crippen molar-refractivity contribution >= 4 is 22.6 Å². The largest absolute Gasteiger partial charge is 0.460 e. The number of hydrogen-bond acceptors (Lipinski definition) is 0. The van der Waals surface area contributed by atoms with Crippen LogP contribution >= 0.6 is 22.6 Å². The van der Waals surface area contributed by atoms with Crippen LogP contribution in [0.3, 0.4) is 0 Å². The zero-order valence-electron chi connectivity index (χ0n) is 15.0. The first-order chi connectivity index (χ1) is 13.7. The highest BCUT2D eigenvalue weighted by molar-refractivity contribution is 14.1. The zero-order valence-corrected chi connectivity index (χ0v) is 17.2. The summed E-state index contributed by atoms with van der Waals surface area (Å²) >= 11 is 0.850. The molecule has 0 radical (unpaired) electrons. The van der Waals surface area contributed by atoms with Crippen molar-refractivity contribution in [3.8, 4) is 0 Å². The highest BCUT2D eigenvalue weighted by Crippen LogP contribution is 2.64. The molecule has 0 aliphatic heterocycles. The third kappa shape index (κ3) is 4.61. The van der Waals surface area contributed by atoms with E-state index in [0.717, 1.165) is 22.6 Å². The molecule has 0 spiro atoms. The number of allylic oxidation sites excluding steroid dienone is 2. The maximum atomic E-state index is 13.6. The first-order valence-electron chi connectivity index (χ1n) is 7.79. The molecule has 0 fully saturated rings. The normalized spacial score (nSPS) is 16.5. The fourth-order valence-electron chi connectivity index (χ4n) is 1.88. The Bertz CT molecular complexity index is 688. The summed E-state index contributed by atoms with van der Waals surface area (Å²) in [5.41, 5.74) is 0. The highest BCUT2D eigenvalue weighted by atomic mass is 127. The number of halogens is 18. The van der Waals surface area contributed by atoms with E-state index in [4.69, 9.17) is 0 Å². The summed E-state index contributed by atoms with van der Waals surface area (Å²) < 4.78 is 221. The maximum Gasteiger partial charge on any atom is 0.460 e. The van der Waals surface area contributed by atoms with Crippen LogP contribution in [0.5, 0.6) is 0 Å². The lowest BCUT2D eigenvalue weighted by atomic mass is 9.89. The van der Waals surface area contributed by atoms with Crippen molar-refractivity contribution in [2.24, 2.45) is 0 Å². The minimum Gasteiger partial charge on any atom is -0.195 e. The van der Waals surface area contributed by atoms with Gasteiger partial charge in [-0.15, -0.1) is 0 Å². The second kappa shape index (κ2) is 8.81. The van der Waals surface area contributed by atoms with Crippen LogP contribution in [0.25, 0.3) is 0 Å². The van der Waals surface area contributed by atoms with Crippen LogP contribution in [0.4, 0.5) is 74.6 Å². The number of hydrogen-bond donors (Lipinski definition) is 0. The monoisotopic (exact) mass is 628 g/mol. The molecular formula is C14H10F17I. The van der Waals surface area contributed by atoms with Crippen molar-refractivity contribution in [2.45, 2.75) is 73.8 Å². The van der Waals surface area contributed by atoms with Crippen LogP contribution in [0.1, 0.15) is 26.2 Å². The lowest BCUT2D eigenvalue weighted by molar-refractivity contribution is -0.459. The minimum absolute atomic E-state index is 0.0419. The lowest BCUT2D eigenvalue weighted by Crippen LogP contribution is -2.74. The second-order valence-electron chi connectivity index (χ2n) is 6.26. The van der Waals surface area contributed by atoms with Crippen LogP contribution in [-0.4, -0.2) is 47.6 Å². The molecule has 0 bridgehead atoms. The van der Waals surface area contributed by atoms with E-state index in [-0.39, 0.29) is 12.8 Å². The molecule has 0 nitrogen and oxygen atoms in total. The molecule has 32 heavy (non-hydrogen) atoms. The van der Waals surface area contributed by atoms with Gasteiger partial charge in [0.15, 0.2) is 0 Å². The van der Waals surface area contributed by atoms with Crippen molar-refractivity contribution in [2.75, 3.05) is 0 Å². The molecule has 0 unspecified atom stereocenters. The Morgan fingerprint density at radius 3 is 1.19 bits per heavy atom. The Balaban J connectivity index is 6.66. The van der Waals surface area contributed by atoms with Gasteiger partial charge in [0.25, 0.3) is 0 Å². The van der Waals surface area contributed by atoms with E-state index < -0.39 is 63.7 Å². The molecule has 0 N–H and O–H groups in total. The third-order valence-corrected chi connectivity index (χ3v) is 4.70. The van der Waals surface area contributed by atoms with E-state index in [1.165, 1.54) is 6.92 Å². The minimum atomic E-state index is -8.60. The average molecular weight is 628 g/mol. The molecule has 0 saturated carbocycles. The number of alkyl halides is 17. The SMILES string of the molecule is CCCCC(I)=CC(F)(F)C(F)(F)C(F)(F)C(F)(F)C(F)(F)C(F)(F)C(F)(F)C(F)(F)F. The Kier molecular flexibility index (Phi) is 8.61. The van der Waals surface area contributed by atoms with Gasteiger partial charge in [0.2, 0.25) is 0 Å². The van der Waals surface area contributed by atoms with Crippen molar-refractivity contribution in [1.29, 1.82) is 0 Å². The van der Waals surface area contributed by atoms with Gasteiger partial charge in [-0.25, -0.2) is 0 Å². The van der Waals surface area contributed by atoms with Gasteiger partial charge in [0, 0.05) is 6.08 Å². The van der Waals surface area contributed by atoms with Gasteiger partial charge in [-0.1, -0.05) is 13.3 Å². The van der Waals surface area contributed by atoms with Crippen molar-refractivity contribution in [3.63, 3.8) is 0 Å². The standard InChI is InChI=1S/C14H10F17I/c1-2-3-4-6(32)5-7(15,16)8(17,18)9(19,20)10(21,22)11(23,24)12(25,26)13(27,28)14(29,30)31/h5H,2-4H2,1H3. The van der Waals surface area contributed by atoms with E-state index >= 15 is 0 Å². The van der Waals surface area contributed by atoms with Gasteiger partial charge in [0.1, 0.15) is 0 Å². The van der Waals surface area contributed by atoms with Crippen molar-refractivity contribution in [1.82, 2.24) is 0 Å². The fourth-order valence-corrected chi connectivity index (χ4v) is 2.65. The summed E-state index contributed by atoms with van der Waals surface area (Å²) in [6.07, 6.45) is -9.19. The second-order valence-corrected chi connectivity index (χ2v) is 7.65. The molecule has 0 amide bonds. The summed E-state index contributed by atoms with van der Waals surface area (Å²) in [4.78, 5) is 0. The number of rotatable bonds is 10. The van der Waals surface area contributed by atoms with E-state index in [9.17, 15) is 74.6 Å². The van der Waals surface area contributed by atoms with E-state index in [2.05, 4.69) is 0 Å². The lowest BCUT2D eigenvalue weighted by Gasteiger charge is -2.42. The van der Waals surface area contributed by atoms with Crippen LogP contribution in [0, 0.1) is 0 Å². The molecule has 0 aromatic carbocycles. The van der Waals surface area contributed by atoms with Crippen LogP contribution in [0.15, 0.2) is 9.66 Å². The highest BCUT2D eigenvalue weighted by Gasteiger charge is 2.95. The van der Waals surface area contributed by atoms with E-state index in [0.29, 0.717) is 0 Å². The summed E-state index contributed by atoms with van der Waals surface area (Å²) in [5.74, 6) is -56.1. The summed E-state index contributed by atoms with van der Waals surface area (Å²) in [7, 11) is 0. The maximum absolute atomic E-state index is 13.6. The zero-order chi connectivity index (χ0) is 26.4. The molecule has 0 aliphatic rings. The molecule has 0 heterocycles. The van der Waals surface area contributed by atoms with Crippen LogP contribution in [-0.2, 0) is 0 Å². The molecule has 18 heteroatoms. The fraction of sp³-hybridized carbons (Fsp3) is 0.857. The molecule has 0 aliphatic carbocycles. The summed E-state index contributed by atoms with van der Waals surface area (Å²) in [5, 5.41) is 0. The van der Waals surface area contributed by atoms with Crippen molar-refractivity contribution in [3.05, 3.63) is 9.66 Å². The van der Waals surface area contributed by atoms with Gasteiger partial charge < -0.3 is 0 Å². The molecular weight excluding hydrogens is 618 g/mol. The summed E-state index contributed by atoms with van der Waals surface area (Å²) in [6.45, 7) is 1.43.